The molecule has 1 saturated heterocycles. The van der Waals surface area contributed by atoms with E-state index in [1.165, 1.54) is 0 Å². The quantitative estimate of drug-likeness (QED) is 0.768. The van der Waals surface area contributed by atoms with Gasteiger partial charge in [-0.2, -0.15) is 0 Å². The lowest BCUT2D eigenvalue weighted by Crippen LogP contribution is -2.45. The lowest BCUT2D eigenvalue weighted by molar-refractivity contribution is 0.0320. The van der Waals surface area contributed by atoms with E-state index in [0.717, 1.165) is 36.9 Å². The van der Waals surface area contributed by atoms with Crippen molar-refractivity contribution >= 4 is 16.8 Å². The summed E-state index contributed by atoms with van der Waals surface area (Å²) in [6, 6.07) is 10.2. The van der Waals surface area contributed by atoms with Crippen LogP contribution in [0.5, 0.6) is 0 Å². The highest BCUT2D eigenvalue weighted by Gasteiger charge is 2.34. The van der Waals surface area contributed by atoms with E-state index in [2.05, 4.69) is 23.0 Å². The molecular weight excluding hydrogens is 256 g/mol. The average Bonchev–Trinajstić information content (AvgIpc) is 2.93. The Morgan fingerprint density at radius 2 is 2.00 bits per heavy atom. The Bertz CT molecular complexity index is 503. The van der Waals surface area contributed by atoms with Gasteiger partial charge in [-0.1, -0.05) is 48.0 Å². The highest BCUT2D eigenvalue weighted by Crippen LogP contribution is 2.33. The summed E-state index contributed by atoms with van der Waals surface area (Å²) in [6.45, 7) is 3.45. The molecule has 0 amide bonds. The van der Waals surface area contributed by atoms with Gasteiger partial charge in [0.25, 0.3) is 0 Å². The van der Waals surface area contributed by atoms with Gasteiger partial charge in [-0.15, -0.1) is 6.42 Å². The minimum atomic E-state index is -0.0571. The SMILES string of the molecule is C#CC1N=C(c2ccccc2)S[C@H]1N1CCOCC1. The molecule has 0 radical (unpaired) electrons. The monoisotopic (exact) mass is 272 g/mol. The summed E-state index contributed by atoms with van der Waals surface area (Å²) in [5.41, 5.74) is 1.16. The first-order valence-electron chi connectivity index (χ1n) is 6.46. The number of terminal acetylenes is 1. The van der Waals surface area contributed by atoms with E-state index in [-0.39, 0.29) is 11.4 Å². The molecule has 0 saturated carbocycles. The second-order valence-corrected chi connectivity index (χ2v) is 5.67. The molecule has 0 spiro atoms. The summed E-state index contributed by atoms with van der Waals surface area (Å²) in [5, 5.41) is 1.31. The fourth-order valence-electron chi connectivity index (χ4n) is 2.35. The summed E-state index contributed by atoms with van der Waals surface area (Å²) >= 11 is 1.78. The maximum atomic E-state index is 5.64. The maximum absolute atomic E-state index is 5.64. The molecule has 2 aliphatic heterocycles. The molecule has 1 fully saturated rings. The minimum absolute atomic E-state index is 0.0571. The van der Waals surface area contributed by atoms with Crippen LogP contribution in [0.4, 0.5) is 0 Å². The fraction of sp³-hybridized carbons (Fsp3) is 0.400. The van der Waals surface area contributed by atoms with Crippen LogP contribution in [0.25, 0.3) is 0 Å². The number of thioether (sulfide) groups is 1. The van der Waals surface area contributed by atoms with Crippen molar-refractivity contribution in [1.29, 1.82) is 0 Å². The molecule has 19 heavy (non-hydrogen) atoms. The van der Waals surface area contributed by atoms with Gasteiger partial charge in [0.2, 0.25) is 0 Å². The summed E-state index contributed by atoms with van der Waals surface area (Å²) in [4.78, 5) is 7.08. The van der Waals surface area contributed by atoms with Crippen LogP contribution in [0.3, 0.4) is 0 Å². The number of benzene rings is 1. The molecule has 2 atom stereocenters. The van der Waals surface area contributed by atoms with Gasteiger partial charge >= 0.3 is 0 Å². The van der Waals surface area contributed by atoms with E-state index in [0.29, 0.717) is 0 Å². The number of nitrogens with zero attached hydrogens (tertiary/aromatic N) is 2. The largest absolute Gasteiger partial charge is 0.379 e. The van der Waals surface area contributed by atoms with Crippen LogP contribution in [0, 0.1) is 12.3 Å². The zero-order valence-electron chi connectivity index (χ0n) is 10.7. The predicted molar refractivity (Wildman–Crippen MR) is 79.4 cm³/mol. The van der Waals surface area contributed by atoms with Crippen molar-refractivity contribution in [1.82, 2.24) is 4.90 Å². The van der Waals surface area contributed by atoms with E-state index in [1.807, 2.05) is 18.2 Å². The molecule has 4 heteroatoms. The molecule has 1 aromatic rings. The molecule has 3 nitrogen and oxygen atoms in total. The lowest BCUT2D eigenvalue weighted by Gasteiger charge is -2.32. The molecule has 2 heterocycles. The minimum Gasteiger partial charge on any atom is -0.379 e. The highest BCUT2D eigenvalue weighted by molar-refractivity contribution is 8.15. The third-order valence-corrected chi connectivity index (χ3v) is 4.72. The van der Waals surface area contributed by atoms with E-state index in [1.54, 1.807) is 11.8 Å². The first-order chi connectivity index (χ1) is 9.38. The van der Waals surface area contributed by atoms with E-state index in [9.17, 15) is 0 Å². The molecule has 2 aliphatic rings. The zero-order chi connectivity index (χ0) is 13.1. The van der Waals surface area contributed by atoms with Crippen LogP contribution in [0.1, 0.15) is 5.56 Å². The van der Waals surface area contributed by atoms with Crippen molar-refractivity contribution in [3.8, 4) is 12.3 Å². The van der Waals surface area contributed by atoms with Crippen LogP contribution in [0.15, 0.2) is 35.3 Å². The Morgan fingerprint density at radius 1 is 1.26 bits per heavy atom. The second-order valence-electron chi connectivity index (χ2n) is 4.57. The maximum Gasteiger partial charge on any atom is 0.136 e. The van der Waals surface area contributed by atoms with Crippen molar-refractivity contribution in [3.63, 3.8) is 0 Å². The van der Waals surface area contributed by atoms with Gasteiger partial charge in [0.05, 0.1) is 18.6 Å². The first-order valence-corrected chi connectivity index (χ1v) is 7.34. The van der Waals surface area contributed by atoms with Crippen molar-refractivity contribution in [2.75, 3.05) is 26.3 Å². The van der Waals surface area contributed by atoms with Crippen LogP contribution >= 0.6 is 11.8 Å². The Balaban J connectivity index is 1.78. The summed E-state index contributed by atoms with van der Waals surface area (Å²) < 4.78 is 5.40. The van der Waals surface area contributed by atoms with Crippen molar-refractivity contribution < 1.29 is 4.74 Å². The van der Waals surface area contributed by atoms with Gasteiger partial charge in [0, 0.05) is 18.7 Å². The number of aliphatic imine (C=N–C) groups is 1. The standard InChI is InChI=1S/C15H16N2OS/c1-2-13-15(17-8-10-18-11-9-17)19-14(16-13)12-6-4-3-5-7-12/h1,3-7,13,15H,8-11H2/t13?,15-/m1/s1. The molecule has 1 aromatic carbocycles. The zero-order valence-corrected chi connectivity index (χ0v) is 11.5. The van der Waals surface area contributed by atoms with Crippen LogP contribution in [0.2, 0.25) is 0 Å². The van der Waals surface area contributed by atoms with Crippen molar-refractivity contribution in [3.05, 3.63) is 35.9 Å². The van der Waals surface area contributed by atoms with Gasteiger partial charge in [0.15, 0.2) is 0 Å². The summed E-state index contributed by atoms with van der Waals surface area (Å²) in [6.07, 6.45) is 5.64. The van der Waals surface area contributed by atoms with Gasteiger partial charge in [0.1, 0.15) is 11.1 Å². The Hall–Kier alpha value is -1.28. The van der Waals surface area contributed by atoms with Crippen molar-refractivity contribution in [2.45, 2.75) is 11.4 Å². The summed E-state index contributed by atoms with van der Waals surface area (Å²) in [7, 11) is 0. The van der Waals surface area contributed by atoms with E-state index < -0.39 is 0 Å². The number of hydrogen-bond acceptors (Lipinski definition) is 4. The van der Waals surface area contributed by atoms with E-state index >= 15 is 0 Å². The smallest absolute Gasteiger partial charge is 0.136 e. The molecular formula is C15H16N2OS. The van der Waals surface area contributed by atoms with Crippen molar-refractivity contribution in [2.24, 2.45) is 4.99 Å². The topological polar surface area (TPSA) is 24.8 Å². The highest BCUT2D eigenvalue weighted by atomic mass is 32.2. The van der Waals surface area contributed by atoms with Crippen LogP contribution in [-0.4, -0.2) is 47.7 Å². The number of morpholine rings is 1. The number of rotatable bonds is 2. The first kappa shape index (κ1) is 12.7. The third kappa shape index (κ3) is 2.69. The van der Waals surface area contributed by atoms with E-state index in [4.69, 9.17) is 16.2 Å². The molecule has 98 valence electrons. The lowest BCUT2D eigenvalue weighted by atomic mass is 10.2. The number of hydrogen-bond donors (Lipinski definition) is 0. The molecule has 0 aliphatic carbocycles. The van der Waals surface area contributed by atoms with Gasteiger partial charge in [-0.3, -0.25) is 9.89 Å². The summed E-state index contributed by atoms with van der Waals surface area (Å²) in [5.74, 6) is 2.82. The molecule has 1 unspecified atom stereocenters. The van der Waals surface area contributed by atoms with Gasteiger partial charge in [-0.25, -0.2) is 0 Å². The average molecular weight is 272 g/mol. The van der Waals surface area contributed by atoms with Gasteiger partial charge < -0.3 is 4.74 Å². The fourth-order valence-corrected chi connectivity index (χ4v) is 3.65. The van der Waals surface area contributed by atoms with Crippen LogP contribution < -0.4 is 0 Å². The molecule has 0 aromatic heterocycles. The van der Waals surface area contributed by atoms with Crippen LogP contribution in [-0.2, 0) is 4.74 Å². The number of ether oxygens (including phenoxy) is 1. The van der Waals surface area contributed by atoms with Gasteiger partial charge in [-0.05, 0) is 0 Å². The Kier molecular flexibility index (Phi) is 3.88. The molecule has 3 rings (SSSR count). The predicted octanol–water partition coefficient (Wildman–Crippen LogP) is 1.84. The molecule has 0 bridgehead atoms. The Labute approximate surface area is 118 Å². The molecule has 0 N–H and O–H groups in total. The Morgan fingerprint density at radius 3 is 2.68 bits per heavy atom. The normalized spacial score (nSPS) is 27.8. The second kappa shape index (κ2) is 5.79. The third-order valence-electron chi connectivity index (χ3n) is 3.36.